The van der Waals surface area contributed by atoms with Crippen LogP contribution in [0.4, 0.5) is 0 Å². The molecule has 0 fully saturated rings. The highest BCUT2D eigenvalue weighted by Crippen LogP contribution is 2.22. The molecule has 2 aromatic carbocycles. The summed E-state index contributed by atoms with van der Waals surface area (Å²) in [6.45, 7) is -0.0777. The molecule has 0 aromatic heterocycles. The Morgan fingerprint density at radius 1 is 0.920 bits per heavy atom. The summed E-state index contributed by atoms with van der Waals surface area (Å²) in [6.07, 6.45) is 0.524. The Bertz CT molecular complexity index is 795. The largest absolute Gasteiger partial charge is 0.452 e. The first kappa shape index (κ1) is 19.9. The first-order chi connectivity index (χ1) is 11.9. The highest BCUT2D eigenvalue weighted by molar-refractivity contribution is 6.36. The maximum Gasteiger partial charge on any atom is 0.340 e. The Labute approximate surface area is 165 Å². The van der Waals surface area contributed by atoms with Gasteiger partial charge in [-0.15, -0.1) is 0 Å². The maximum absolute atomic E-state index is 11.9. The van der Waals surface area contributed by atoms with Gasteiger partial charge in [-0.3, -0.25) is 4.79 Å². The van der Waals surface area contributed by atoms with Gasteiger partial charge in [0.05, 0.1) is 10.6 Å². The standard InChI is InChI=1S/C17H13Cl4NO3/c18-11-3-4-14(20)13(7-11)17(24)25-9-16(23)22-6-5-10-1-2-12(19)8-15(10)21/h1-4,7-8H,5-6,9H2,(H,22,23). The molecule has 8 heteroatoms. The number of nitrogens with one attached hydrogen (secondary N) is 1. The Hall–Kier alpha value is -1.46. The second kappa shape index (κ2) is 9.30. The number of carbonyl (C=O) groups is 2. The Balaban J connectivity index is 1.78. The van der Waals surface area contributed by atoms with E-state index in [0.717, 1.165) is 5.56 Å². The van der Waals surface area contributed by atoms with Crippen molar-refractivity contribution in [2.45, 2.75) is 6.42 Å². The van der Waals surface area contributed by atoms with Crippen LogP contribution in [-0.4, -0.2) is 25.0 Å². The monoisotopic (exact) mass is 419 g/mol. The number of carbonyl (C=O) groups excluding carboxylic acids is 2. The Morgan fingerprint density at radius 2 is 1.60 bits per heavy atom. The molecule has 0 saturated heterocycles. The third kappa shape index (κ3) is 6.08. The van der Waals surface area contributed by atoms with E-state index in [1.807, 2.05) is 0 Å². The minimum absolute atomic E-state index is 0.106. The van der Waals surface area contributed by atoms with Gasteiger partial charge in [0.2, 0.25) is 0 Å². The average molecular weight is 421 g/mol. The summed E-state index contributed by atoms with van der Waals surface area (Å²) in [5.74, 6) is -1.15. The molecule has 0 unspecified atom stereocenters. The highest BCUT2D eigenvalue weighted by Gasteiger charge is 2.14. The molecule has 2 rings (SSSR count). The lowest BCUT2D eigenvalue weighted by atomic mass is 10.1. The molecule has 0 atom stereocenters. The molecule has 0 radical (unpaired) electrons. The maximum atomic E-state index is 11.9. The molecule has 0 aliphatic rings. The predicted molar refractivity (Wildman–Crippen MR) is 99.9 cm³/mol. The molecule has 2 aromatic rings. The van der Waals surface area contributed by atoms with Crippen LogP contribution >= 0.6 is 46.4 Å². The molecule has 25 heavy (non-hydrogen) atoms. The lowest BCUT2D eigenvalue weighted by Gasteiger charge is -2.09. The first-order valence-electron chi connectivity index (χ1n) is 7.19. The van der Waals surface area contributed by atoms with Gasteiger partial charge in [0.15, 0.2) is 6.61 Å². The van der Waals surface area contributed by atoms with Crippen molar-refractivity contribution in [3.05, 3.63) is 67.6 Å². The summed E-state index contributed by atoms with van der Waals surface area (Å²) < 4.78 is 4.93. The summed E-state index contributed by atoms with van der Waals surface area (Å²) in [5.41, 5.74) is 0.962. The van der Waals surface area contributed by atoms with Crippen LogP contribution in [-0.2, 0) is 16.0 Å². The van der Waals surface area contributed by atoms with Gasteiger partial charge in [-0.25, -0.2) is 4.79 Å². The van der Waals surface area contributed by atoms with Crippen LogP contribution in [0.5, 0.6) is 0 Å². The van der Waals surface area contributed by atoms with Crippen LogP contribution in [0.3, 0.4) is 0 Å². The smallest absolute Gasteiger partial charge is 0.340 e. The Kier molecular flexibility index (Phi) is 7.38. The minimum Gasteiger partial charge on any atom is -0.452 e. The molecule has 0 bridgehead atoms. The lowest BCUT2D eigenvalue weighted by Crippen LogP contribution is -2.30. The minimum atomic E-state index is -0.719. The van der Waals surface area contributed by atoms with E-state index >= 15 is 0 Å². The molecule has 1 amide bonds. The molecule has 0 aliphatic heterocycles. The number of ether oxygens (including phenoxy) is 1. The van der Waals surface area contributed by atoms with Crippen LogP contribution < -0.4 is 5.32 Å². The number of halogens is 4. The van der Waals surface area contributed by atoms with Crippen LogP contribution in [0.15, 0.2) is 36.4 Å². The van der Waals surface area contributed by atoms with Crippen molar-refractivity contribution in [1.82, 2.24) is 5.32 Å². The van der Waals surface area contributed by atoms with Crippen molar-refractivity contribution in [2.75, 3.05) is 13.2 Å². The van der Waals surface area contributed by atoms with E-state index in [9.17, 15) is 9.59 Å². The van der Waals surface area contributed by atoms with E-state index in [-0.39, 0.29) is 10.6 Å². The number of benzene rings is 2. The van der Waals surface area contributed by atoms with E-state index < -0.39 is 18.5 Å². The van der Waals surface area contributed by atoms with Crippen molar-refractivity contribution in [2.24, 2.45) is 0 Å². The van der Waals surface area contributed by atoms with E-state index in [4.69, 9.17) is 51.1 Å². The molecule has 0 saturated carbocycles. The average Bonchev–Trinajstić information content (AvgIpc) is 2.57. The fourth-order valence-electron chi connectivity index (χ4n) is 1.97. The number of esters is 1. The van der Waals surface area contributed by atoms with Gasteiger partial charge in [-0.2, -0.15) is 0 Å². The van der Waals surface area contributed by atoms with Crippen LogP contribution in [0.2, 0.25) is 20.1 Å². The van der Waals surface area contributed by atoms with Gasteiger partial charge >= 0.3 is 5.97 Å². The van der Waals surface area contributed by atoms with Gasteiger partial charge in [-0.1, -0.05) is 52.5 Å². The Morgan fingerprint density at radius 3 is 2.32 bits per heavy atom. The fourth-order valence-corrected chi connectivity index (χ4v) is 2.84. The van der Waals surface area contributed by atoms with Crippen LogP contribution in [0.1, 0.15) is 15.9 Å². The van der Waals surface area contributed by atoms with Crippen molar-refractivity contribution >= 4 is 58.3 Å². The SMILES string of the molecule is O=C(COC(=O)c1cc(Cl)ccc1Cl)NCCc1ccc(Cl)cc1Cl. The second-order valence-corrected chi connectivity index (χ2v) is 6.72. The molecule has 0 aliphatic carbocycles. The number of amides is 1. The molecular formula is C17H13Cl4NO3. The zero-order chi connectivity index (χ0) is 18.4. The van der Waals surface area contributed by atoms with Gasteiger partial charge in [0, 0.05) is 21.6 Å². The normalized spacial score (nSPS) is 10.4. The number of hydrogen-bond donors (Lipinski definition) is 1. The lowest BCUT2D eigenvalue weighted by molar-refractivity contribution is -0.124. The third-order valence-corrected chi connectivity index (χ3v) is 4.37. The summed E-state index contributed by atoms with van der Waals surface area (Å²) in [7, 11) is 0. The fraction of sp³-hybridized carbons (Fsp3) is 0.176. The summed E-state index contributed by atoms with van der Waals surface area (Å²) in [4.78, 5) is 23.7. The van der Waals surface area contributed by atoms with Crippen molar-refractivity contribution in [1.29, 1.82) is 0 Å². The molecule has 1 N–H and O–H groups in total. The molecular weight excluding hydrogens is 408 g/mol. The van der Waals surface area contributed by atoms with Gasteiger partial charge in [-0.05, 0) is 42.3 Å². The van der Waals surface area contributed by atoms with Crippen LogP contribution in [0, 0.1) is 0 Å². The van der Waals surface area contributed by atoms with Crippen molar-refractivity contribution in [3.8, 4) is 0 Å². The molecule has 132 valence electrons. The second-order valence-electron chi connectivity index (χ2n) is 5.04. The molecule has 4 nitrogen and oxygen atoms in total. The summed E-state index contributed by atoms with van der Waals surface area (Å²) in [5, 5.41) is 4.26. The highest BCUT2D eigenvalue weighted by atomic mass is 35.5. The number of rotatable bonds is 6. The zero-order valence-corrected chi connectivity index (χ0v) is 15.8. The topological polar surface area (TPSA) is 55.4 Å². The van der Waals surface area contributed by atoms with Gasteiger partial charge < -0.3 is 10.1 Å². The molecule has 0 heterocycles. The third-order valence-electron chi connectivity index (χ3n) is 3.21. The number of hydrogen-bond acceptors (Lipinski definition) is 3. The van der Waals surface area contributed by atoms with E-state index in [0.29, 0.717) is 28.0 Å². The summed E-state index contributed by atoms with van der Waals surface area (Å²) in [6, 6.07) is 9.56. The predicted octanol–water partition coefficient (Wildman–Crippen LogP) is 4.82. The van der Waals surface area contributed by atoms with Gasteiger partial charge in [0.25, 0.3) is 5.91 Å². The van der Waals surface area contributed by atoms with E-state index in [1.165, 1.54) is 12.1 Å². The quantitative estimate of drug-likeness (QED) is 0.681. The van der Waals surface area contributed by atoms with Crippen molar-refractivity contribution in [3.63, 3.8) is 0 Å². The first-order valence-corrected chi connectivity index (χ1v) is 8.71. The summed E-state index contributed by atoms with van der Waals surface area (Å²) >= 11 is 23.6. The van der Waals surface area contributed by atoms with E-state index in [2.05, 4.69) is 5.32 Å². The van der Waals surface area contributed by atoms with Crippen molar-refractivity contribution < 1.29 is 14.3 Å². The van der Waals surface area contributed by atoms with Gasteiger partial charge in [0.1, 0.15) is 0 Å². The van der Waals surface area contributed by atoms with Crippen LogP contribution in [0.25, 0.3) is 0 Å². The molecule has 0 spiro atoms. The van der Waals surface area contributed by atoms with E-state index in [1.54, 1.807) is 24.3 Å². The zero-order valence-electron chi connectivity index (χ0n) is 12.8.